The fourth-order valence-corrected chi connectivity index (χ4v) is 5.04. The van der Waals surface area contributed by atoms with Crippen molar-refractivity contribution >= 4 is 22.9 Å². The van der Waals surface area contributed by atoms with E-state index < -0.39 is 0 Å². The first kappa shape index (κ1) is 17.3. The van der Waals surface area contributed by atoms with E-state index in [2.05, 4.69) is 26.0 Å². The highest BCUT2D eigenvalue weighted by molar-refractivity contribution is 7.16. The minimum Gasteiger partial charge on any atom is -0.385 e. The van der Waals surface area contributed by atoms with Gasteiger partial charge in [0.25, 0.3) is 0 Å². The second-order valence-corrected chi connectivity index (χ2v) is 8.51. The zero-order valence-corrected chi connectivity index (χ0v) is 15.2. The quantitative estimate of drug-likeness (QED) is 0.435. The summed E-state index contributed by atoms with van der Waals surface area (Å²) in [7, 11) is 1.80. The molecule has 0 saturated heterocycles. The third-order valence-corrected chi connectivity index (χ3v) is 6.62. The molecule has 1 fully saturated rings. The first-order valence-electron chi connectivity index (χ1n) is 8.36. The molecular weight excluding hydrogens is 300 g/mol. The summed E-state index contributed by atoms with van der Waals surface area (Å²) in [5.74, 6) is 3.21. The fourth-order valence-electron chi connectivity index (χ4n) is 3.73. The molecule has 0 spiro atoms. The molecule has 3 heteroatoms. The molecule has 0 bridgehead atoms. The van der Waals surface area contributed by atoms with Gasteiger partial charge in [-0.05, 0) is 55.1 Å². The monoisotopic (exact) mass is 328 g/mol. The van der Waals surface area contributed by atoms with Crippen LogP contribution >= 0.6 is 22.9 Å². The van der Waals surface area contributed by atoms with Crippen molar-refractivity contribution in [3.05, 3.63) is 21.3 Å². The number of thiophene rings is 1. The van der Waals surface area contributed by atoms with E-state index in [1.807, 2.05) is 0 Å². The van der Waals surface area contributed by atoms with Crippen molar-refractivity contribution in [1.29, 1.82) is 0 Å². The molecule has 1 saturated carbocycles. The Labute approximate surface area is 139 Å². The van der Waals surface area contributed by atoms with Gasteiger partial charge in [-0.2, -0.15) is 0 Å². The number of hydrogen-bond acceptors (Lipinski definition) is 2. The van der Waals surface area contributed by atoms with Crippen LogP contribution in [0.5, 0.6) is 0 Å². The molecular formula is C18H29ClOS. The lowest BCUT2D eigenvalue weighted by atomic mass is 9.81. The van der Waals surface area contributed by atoms with Crippen LogP contribution in [0.3, 0.4) is 0 Å². The third-order valence-electron chi connectivity index (χ3n) is 5.26. The first-order valence-corrected chi connectivity index (χ1v) is 9.55. The number of rotatable bonds is 6. The van der Waals surface area contributed by atoms with Crippen molar-refractivity contribution in [2.24, 2.45) is 17.8 Å². The first-order chi connectivity index (χ1) is 10.1. The summed E-state index contributed by atoms with van der Waals surface area (Å²) < 4.78 is 6.12. The maximum Gasteiger partial charge on any atom is 0.0931 e. The second-order valence-electron chi connectivity index (χ2n) is 6.76. The highest BCUT2D eigenvalue weighted by Gasteiger charge is 2.31. The molecule has 0 aliphatic heterocycles. The lowest BCUT2D eigenvalue weighted by Gasteiger charge is -2.25. The molecule has 1 aliphatic carbocycles. The van der Waals surface area contributed by atoms with E-state index in [9.17, 15) is 0 Å². The van der Waals surface area contributed by atoms with Crippen LogP contribution in [0.15, 0.2) is 12.1 Å². The van der Waals surface area contributed by atoms with Crippen LogP contribution in [0.2, 0.25) is 4.34 Å². The highest BCUT2D eigenvalue weighted by Crippen LogP contribution is 2.45. The standard InChI is InChI=1S/C18H29ClOS/c1-13-7-8-14(2)16(17-9-10-18(19)21-17)12-15(13)6-4-5-11-20-3/h9-10,13-16H,4-8,11-12H2,1-3H3/t13?,14-,15?,16-/m0/s1. The van der Waals surface area contributed by atoms with Crippen molar-refractivity contribution in [3.8, 4) is 0 Å². The minimum absolute atomic E-state index is 0.708. The van der Waals surface area contributed by atoms with E-state index in [0.717, 1.165) is 28.7 Å². The van der Waals surface area contributed by atoms with E-state index in [0.29, 0.717) is 5.92 Å². The van der Waals surface area contributed by atoms with Crippen molar-refractivity contribution in [3.63, 3.8) is 0 Å². The van der Waals surface area contributed by atoms with Gasteiger partial charge < -0.3 is 4.74 Å². The molecule has 2 unspecified atom stereocenters. The maximum absolute atomic E-state index is 6.16. The number of methoxy groups -OCH3 is 1. The molecule has 1 aliphatic rings. The summed E-state index contributed by atoms with van der Waals surface area (Å²) in [4.78, 5) is 1.50. The average Bonchev–Trinajstić information content (AvgIpc) is 2.84. The fraction of sp³-hybridized carbons (Fsp3) is 0.778. The molecule has 1 heterocycles. The van der Waals surface area contributed by atoms with E-state index >= 15 is 0 Å². The zero-order valence-electron chi connectivity index (χ0n) is 13.6. The summed E-state index contributed by atoms with van der Waals surface area (Å²) in [6, 6.07) is 4.32. The Bertz CT molecular complexity index is 417. The van der Waals surface area contributed by atoms with Crippen molar-refractivity contribution in [1.82, 2.24) is 0 Å². The van der Waals surface area contributed by atoms with Gasteiger partial charge in [-0.3, -0.25) is 0 Å². The van der Waals surface area contributed by atoms with Crippen LogP contribution in [0.25, 0.3) is 0 Å². The lowest BCUT2D eigenvalue weighted by Crippen LogP contribution is -2.14. The highest BCUT2D eigenvalue weighted by atomic mass is 35.5. The van der Waals surface area contributed by atoms with E-state index in [4.69, 9.17) is 16.3 Å². The van der Waals surface area contributed by atoms with Crippen molar-refractivity contribution in [2.45, 2.75) is 58.3 Å². The molecule has 0 N–H and O–H groups in total. The summed E-state index contributed by atoms with van der Waals surface area (Å²) in [6.45, 7) is 5.79. The predicted octanol–water partition coefficient (Wildman–Crippen LogP) is 6.37. The van der Waals surface area contributed by atoms with E-state index in [-0.39, 0.29) is 0 Å². The molecule has 2 rings (SSSR count). The van der Waals surface area contributed by atoms with Gasteiger partial charge in [0.05, 0.1) is 4.34 Å². The van der Waals surface area contributed by atoms with Gasteiger partial charge in [0, 0.05) is 18.6 Å². The predicted molar refractivity (Wildman–Crippen MR) is 93.5 cm³/mol. The molecule has 120 valence electrons. The van der Waals surface area contributed by atoms with Crippen LogP contribution in [0.1, 0.15) is 63.2 Å². The molecule has 0 amide bonds. The molecule has 4 atom stereocenters. The summed E-state index contributed by atoms with van der Waals surface area (Å²) >= 11 is 7.94. The second kappa shape index (κ2) is 8.55. The molecule has 0 aromatic carbocycles. The maximum atomic E-state index is 6.16. The van der Waals surface area contributed by atoms with Gasteiger partial charge in [0.2, 0.25) is 0 Å². The van der Waals surface area contributed by atoms with Crippen molar-refractivity contribution in [2.75, 3.05) is 13.7 Å². The Balaban J connectivity index is 1.99. The van der Waals surface area contributed by atoms with Crippen LogP contribution in [-0.4, -0.2) is 13.7 Å². The Hall–Kier alpha value is -0.0500. The largest absolute Gasteiger partial charge is 0.385 e. The number of halogens is 1. The molecule has 1 aromatic heterocycles. The van der Waals surface area contributed by atoms with Gasteiger partial charge in [-0.25, -0.2) is 0 Å². The zero-order chi connectivity index (χ0) is 15.2. The van der Waals surface area contributed by atoms with Gasteiger partial charge in [-0.1, -0.05) is 44.7 Å². The van der Waals surface area contributed by atoms with Crippen LogP contribution < -0.4 is 0 Å². The summed E-state index contributed by atoms with van der Waals surface area (Å²) in [6.07, 6.45) is 7.93. The molecule has 1 aromatic rings. The Morgan fingerprint density at radius 3 is 2.62 bits per heavy atom. The minimum atomic E-state index is 0.708. The van der Waals surface area contributed by atoms with Gasteiger partial charge in [0.15, 0.2) is 0 Å². The Kier molecular flexibility index (Phi) is 7.04. The van der Waals surface area contributed by atoms with E-state index in [1.165, 1.54) is 43.4 Å². The summed E-state index contributed by atoms with van der Waals surface area (Å²) in [5, 5.41) is 0. The Morgan fingerprint density at radius 1 is 1.19 bits per heavy atom. The van der Waals surface area contributed by atoms with Gasteiger partial charge >= 0.3 is 0 Å². The smallest absolute Gasteiger partial charge is 0.0931 e. The lowest BCUT2D eigenvalue weighted by molar-refractivity contribution is 0.186. The van der Waals surface area contributed by atoms with Crippen LogP contribution in [-0.2, 0) is 4.74 Å². The SMILES string of the molecule is COCCCCC1C[C@H](c2ccc(Cl)s2)[C@@H](C)CCC1C. The molecule has 1 nitrogen and oxygen atoms in total. The summed E-state index contributed by atoms with van der Waals surface area (Å²) in [5.41, 5.74) is 0. The molecule has 0 radical (unpaired) electrons. The van der Waals surface area contributed by atoms with Gasteiger partial charge in [0.1, 0.15) is 0 Å². The van der Waals surface area contributed by atoms with Crippen LogP contribution in [0, 0.1) is 17.8 Å². The molecule has 21 heavy (non-hydrogen) atoms. The normalized spacial score (nSPS) is 30.3. The number of unbranched alkanes of at least 4 members (excludes halogenated alkanes) is 1. The average molecular weight is 329 g/mol. The third kappa shape index (κ3) is 4.97. The van der Waals surface area contributed by atoms with E-state index in [1.54, 1.807) is 18.4 Å². The number of hydrogen-bond donors (Lipinski definition) is 0. The van der Waals surface area contributed by atoms with Crippen LogP contribution in [0.4, 0.5) is 0 Å². The van der Waals surface area contributed by atoms with Gasteiger partial charge in [-0.15, -0.1) is 11.3 Å². The van der Waals surface area contributed by atoms with Crippen molar-refractivity contribution < 1.29 is 4.74 Å². The topological polar surface area (TPSA) is 9.23 Å². The Morgan fingerprint density at radius 2 is 1.95 bits per heavy atom. The number of ether oxygens (including phenoxy) is 1.